The third-order valence-electron chi connectivity index (χ3n) is 3.53. The molecular weight excluding hydrogens is 242 g/mol. The van der Waals surface area contributed by atoms with Crippen LogP contribution in [0.1, 0.15) is 24.4 Å². The highest BCUT2D eigenvalue weighted by Gasteiger charge is 2.30. The number of nitrogens with zero attached hydrogens (tertiary/aromatic N) is 1. The largest absolute Gasteiger partial charge is 0.368 e. The highest BCUT2D eigenvalue weighted by Crippen LogP contribution is 2.17. The van der Waals surface area contributed by atoms with Crippen molar-refractivity contribution in [3.63, 3.8) is 0 Å². The Morgan fingerprint density at radius 1 is 1.37 bits per heavy atom. The number of hydrogen-bond acceptors (Lipinski definition) is 3. The SMILES string of the molecule is CN1CCC[C@H]1C(=O)N[C@@H](C(N)=O)c1ccccc1. The van der Waals surface area contributed by atoms with Crippen LogP contribution in [0.5, 0.6) is 0 Å². The summed E-state index contributed by atoms with van der Waals surface area (Å²) in [4.78, 5) is 25.7. The predicted octanol–water partition coefficient (Wildman–Crippen LogP) is 0.423. The topological polar surface area (TPSA) is 75.4 Å². The molecule has 0 aliphatic carbocycles. The number of primary amides is 1. The number of nitrogens with two attached hydrogens (primary N) is 1. The summed E-state index contributed by atoms with van der Waals surface area (Å²) in [7, 11) is 1.92. The number of likely N-dealkylation sites (N-methyl/N-ethyl adjacent to an activating group) is 1. The molecule has 1 aromatic rings. The first kappa shape index (κ1) is 13.5. The highest BCUT2D eigenvalue weighted by molar-refractivity contribution is 5.89. The lowest BCUT2D eigenvalue weighted by Gasteiger charge is -2.22. The Bertz CT molecular complexity index is 461. The van der Waals surface area contributed by atoms with Gasteiger partial charge in [-0.1, -0.05) is 30.3 Å². The number of carbonyl (C=O) groups excluding carboxylic acids is 2. The minimum atomic E-state index is -0.761. The maximum Gasteiger partial charge on any atom is 0.244 e. The monoisotopic (exact) mass is 261 g/mol. The Morgan fingerprint density at radius 3 is 2.58 bits per heavy atom. The van der Waals surface area contributed by atoms with Gasteiger partial charge in [0.25, 0.3) is 0 Å². The standard InChI is InChI=1S/C14H19N3O2/c1-17-9-5-8-11(17)14(19)16-12(13(15)18)10-6-3-2-4-7-10/h2-4,6-7,11-12H,5,8-9H2,1H3,(H2,15,18)(H,16,19)/t11-,12+/m0/s1. The molecule has 1 aromatic carbocycles. The summed E-state index contributed by atoms with van der Waals surface area (Å²) in [6.07, 6.45) is 1.82. The molecule has 2 amide bonds. The average Bonchev–Trinajstić information content (AvgIpc) is 2.82. The Morgan fingerprint density at radius 2 is 2.05 bits per heavy atom. The summed E-state index contributed by atoms with van der Waals surface area (Å²) in [6, 6.07) is 8.14. The molecule has 1 fully saturated rings. The van der Waals surface area contributed by atoms with Gasteiger partial charge in [-0.3, -0.25) is 14.5 Å². The van der Waals surface area contributed by atoms with E-state index in [0.717, 1.165) is 19.4 Å². The zero-order chi connectivity index (χ0) is 13.8. The Labute approximate surface area is 112 Å². The number of nitrogens with one attached hydrogen (secondary N) is 1. The summed E-state index contributed by atoms with van der Waals surface area (Å²) in [5, 5.41) is 2.75. The molecule has 1 heterocycles. The van der Waals surface area contributed by atoms with Crippen LogP contribution in [0.3, 0.4) is 0 Å². The van der Waals surface area contributed by atoms with Gasteiger partial charge in [-0.25, -0.2) is 0 Å². The Balaban J connectivity index is 2.09. The summed E-state index contributed by atoms with van der Waals surface area (Å²) < 4.78 is 0. The molecule has 0 unspecified atom stereocenters. The van der Waals surface area contributed by atoms with Crippen LogP contribution >= 0.6 is 0 Å². The van der Waals surface area contributed by atoms with Crippen LogP contribution in [0, 0.1) is 0 Å². The molecule has 5 nitrogen and oxygen atoms in total. The van der Waals surface area contributed by atoms with Crippen molar-refractivity contribution in [2.45, 2.75) is 24.9 Å². The van der Waals surface area contributed by atoms with Crippen molar-refractivity contribution < 1.29 is 9.59 Å². The van der Waals surface area contributed by atoms with Gasteiger partial charge in [0.05, 0.1) is 6.04 Å². The van der Waals surface area contributed by atoms with Crippen LogP contribution < -0.4 is 11.1 Å². The number of rotatable bonds is 4. The fourth-order valence-electron chi connectivity index (χ4n) is 2.44. The lowest BCUT2D eigenvalue weighted by Crippen LogP contribution is -2.46. The first-order valence-electron chi connectivity index (χ1n) is 6.44. The van der Waals surface area contributed by atoms with E-state index in [0.29, 0.717) is 5.56 Å². The van der Waals surface area contributed by atoms with Gasteiger partial charge in [0.1, 0.15) is 6.04 Å². The van der Waals surface area contributed by atoms with E-state index < -0.39 is 11.9 Å². The molecule has 2 rings (SSSR count). The van der Waals surface area contributed by atoms with Crippen molar-refractivity contribution in [2.75, 3.05) is 13.6 Å². The molecular formula is C14H19N3O2. The fraction of sp³-hybridized carbons (Fsp3) is 0.429. The van der Waals surface area contributed by atoms with Crippen molar-refractivity contribution in [3.05, 3.63) is 35.9 Å². The number of hydrogen-bond donors (Lipinski definition) is 2. The summed E-state index contributed by atoms with van der Waals surface area (Å²) in [5.74, 6) is -0.673. The third-order valence-corrected chi connectivity index (χ3v) is 3.53. The highest BCUT2D eigenvalue weighted by atomic mass is 16.2. The summed E-state index contributed by atoms with van der Waals surface area (Å²) in [5.41, 5.74) is 6.10. The van der Waals surface area contributed by atoms with E-state index in [4.69, 9.17) is 5.73 Å². The van der Waals surface area contributed by atoms with Gasteiger partial charge in [-0.2, -0.15) is 0 Å². The minimum Gasteiger partial charge on any atom is -0.368 e. The molecule has 0 aromatic heterocycles. The maximum absolute atomic E-state index is 12.2. The summed E-state index contributed by atoms with van der Waals surface area (Å²) >= 11 is 0. The second-order valence-electron chi connectivity index (χ2n) is 4.89. The van der Waals surface area contributed by atoms with E-state index in [-0.39, 0.29) is 11.9 Å². The lowest BCUT2D eigenvalue weighted by atomic mass is 10.1. The zero-order valence-corrected chi connectivity index (χ0v) is 11.0. The van der Waals surface area contributed by atoms with E-state index in [1.165, 1.54) is 0 Å². The van der Waals surface area contributed by atoms with Crippen molar-refractivity contribution in [2.24, 2.45) is 5.73 Å². The van der Waals surface area contributed by atoms with Gasteiger partial charge in [0.15, 0.2) is 0 Å². The zero-order valence-electron chi connectivity index (χ0n) is 11.0. The van der Waals surface area contributed by atoms with Gasteiger partial charge < -0.3 is 11.1 Å². The number of benzene rings is 1. The minimum absolute atomic E-state index is 0.132. The lowest BCUT2D eigenvalue weighted by molar-refractivity contribution is -0.130. The van der Waals surface area contributed by atoms with Crippen LogP contribution in [0.25, 0.3) is 0 Å². The Hall–Kier alpha value is -1.88. The maximum atomic E-state index is 12.2. The molecule has 19 heavy (non-hydrogen) atoms. The molecule has 0 radical (unpaired) electrons. The molecule has 3 N–H and O–H groups in total. The molecule has 1 saturated heterocycles. The number of carbonyl (C=O) groups is 2. The van der Waals surface area contributed by atoms with Gasteiger partial charge >= 0.3 is 0 Å². The van der Waals surface area contributed by atoms with Crippen LogP contribution in [0.2, 0.25) is 0 Å². The first-order chi connectivity index (χ1) is 9.09. The van der Waals surface area contributed by atoms with Gasteiger partial charge in [-0.15, -0.1) is 0 Å². The van der Waals surface area contributed by atoms with E-state index in [9.17, 15) is 9.59 Å². The smallest absolute Gasteiger partial charge is 0.244 e. The summed E-state index contributed by atoms with van der Waals surface area (Å²) in [6.45, 7) is 0.907. The molecule has 5 heteroatoms. The van der Waals surface area contributed by atoms with Crippen LogP contribution in [0.15, 0.2) is 30.3 Å². The second-order valence-corrected chi connectivity index (χ2v) is 4.89. The molecule has 1 aliphatic heterocycles. The van der Waals surface area contributed by atoms with Crippen molar-refractivity contribution in [1.82, 2.24) is 10.2 Å². The molecule has 1 aliphatic rings. The van der Waals surface area contributed by atoms with Crippen LogP contribution in [-0.4, -0.2) is 36.3 Å². The molecule has 0 saturated carbocycles. The van der Waals surface area contributed by atoms with Gasteiger partial charge in [-0.05, 0) is 32.0 Å². The van der Waals surface area contributed by atoms with Crippen molar-refractivity contribution in [3.8, 4) is 0 Å². The first-order valence-corrected chi connectivity index (χ1v) is 6.44. The number of amides is 2. The quantitative estimate of drug-likeness (QED) is 0.825. The van der Waals surface area contributed by atoms with Gasteiger partial charge in [0.2, 0.25) is 11.8 Å². The normalized spacial score (nSPS) is 21.0. The van der Waals surface area contributed by atoms with Crippen LogP contribution in [0.4, 0.5) is 0 Å². The van der Waals surface area contributed by atoms with Crippen molar-refractivity contribution >= 4 is 11.8 Å². The molecule has 0 spiro atoms. The second kappa shape index (κ2) is 5.84. The van der Waals surface area contributed by atoms with Crippen molar-refractivity contribution in [1.29, 1.82) is 0 Å². The molecule has 2 atom stereocenters. The van der Waals surface area contributed by atoms with Crippen LogP contribution in [-0.2, 0) is 9.59 Å². The Kier molecular flexibility index (Phi) is 4.16. The predicted molar refractivity (Wildman–Crippen MR) is 72.2 cm³/mol. The average molecular weight is 261 g/mol. The van der Waals surface area contributed by atoms with E-state index >= 15 is 0 Å². The fourth-order valence-corrected chi connectivity index (χ4v) is 2.44. The van der Waals surface area contributed by atoms with E-state index in [2.05, 4.69) is 5.32 Å². The third kappa shape index (κ3) is 3.12. The van der Waals surface area contributed by atoms with Gasteiger partial charge in [0, 0.05) is 0 Å². The van der Waals surface area contributed by atoms with E-state index in [1.807, 2.05) is 30.1 Å². The van der Waals surface area contributed by atoms with E-state index in [1.54, 1.807) is 12.1 Å². The molecule has 0 bridgehead atoms. The number of likely N-dealkylation sites (tertiary alicyclic amines) is 1. The molecule has 102 valence electrons.